The van der Waals surface area contributed by atoms with Gasteiger partial charge in [-0.3, -0.25) is 9.59 Å². The van der Waals surface area contributed by atoms with Gasteiger partial charge in [-0.15, -0.1) is 0 Å². The van der Waals surface area contributed by atoms with Crippen LogP contribution >= 0.6 is 0 Å². The highest BCUT2D eigenvalue weighted by Gasteiger charge is 2.25. The first kappa shape index (κ1) is 25.3. The fourth-order valence-corrected chi connectivity index (χ4v) is 4.60. The molecular formula is C32H32N2O4. The lowest BCUT2D eigenvalue weighted by molar-refractivity contribution is 0.0729. The van der Waals surface area contributed by atoms with Gasteiger partial charge in [-0.25, -0.2) is 0 Å². The summed E-state index contributed by atoms with van der Waals surface area (Å²) in [6, 6.07) is 24.5. The lowest BCUT2D eigenvalue weighted by Crippen LogP contribution is -2.35. The van der Waals surface area contributed by atoms with Crippen molar-refractivity contribution < 1.29 is 18.7 Å². The normalized spacial score (nSPS) is 12.6. The number of hydrogen-bond acceptors (Lipinski definition) is 4. The molecule has 0 unspecified atom stereocenters. The van der Waals surface area contributed by atoms with E-state index in [1.165, 1.54) is 0 Å². The lowest BCUT2D eigenvalue weighted by atomic mass is 10.1. The van der Waals surface area contributed by atoms with Gasteiger partial charge in [0.05, 0.1) is 6.61 Å². The summed E-state index contributed by atoms with van der Waals surface area (Å²) in [6.07, 6.45) is 2.74. The highest BCUT2D eigenvalue weighted by molar-refractivity contribution is 6.04. The van der Waals surface area contributed by atoms with Gasteiger partial charge < -0.3 is 19.4 Å². The third-order valence-electron chi connectivity index (χ3n) is 6.71. The molecule has 6 heteroatoms. The van der Waals surface area contributed by atoms with E-state index < -0.39 is 0 Å². The van der Waals surface area contributed by atoms with E-state index in [1.54, 1.807) is 12.1 Å². The molecule has 0 aliphatic carbocycles. The topological polar surface area (TPSA) is 71.8 Å². The first-order valence-electron chi connectivity index (χ1n) is 13.1. The number of rotatable bonds is 8. The number of nitrogens with zero attached hydrogens (tertiary/aromatic N) is 1. The van der Waals surface area contributed by atoms with Gasteiger partial charge in [0.2, 0.25) is 0 Å². The molecule has 1 aliphatic heterocycles. The molecule has 0 radical (unpaired) electrons. The molecule has 0 fully saturated rings. The summed E-state index contributed by atoms with van der Waals surface area (Å²) >= 11 is 0. The van der Waals surface area contributed by atoms with Crippen LogP contribution in [0.2, 0.25) is 0 Å². The minimum Gasteiger partial charge on any atom is -0.494 e. The number of furan rings is 1. The summed E-state index contributed by atoms with van der Waals surface area (Å²) in [6.45, 7) is 5.91. The number of nitrogens with one attached hydrogen (secondary N) is 1. The van der Waals surface area contributed by atoms with Crippen molar-refractivity contribution in [2.24, 2.45) is 0 Å². The number of carbonyl (C=O) groups is 2. The van der Waals surface area contributed by atoms with Crippen LogP contribution in [0.15, 0.2) is 83.3 Å². The van der Waals surface area contributed by atoms with Crippen molar-refractivity contribution in [2.45, 2.75) is 39.7 Å². The van der Waals surface area contributed by atoms with Crippen molar-refractivity contribution in [3.8, 4) is 17.1 Å². The number of fused-ring (bicyclic) bond motifs is 1. The van der Waals surface area contributed by atoms with Crippen LogP contribution < -0.4 is 10.1 Å². The number of hydrogen-bond donors (Lipinski definition) is 1. The van der Waals surface area contributed by atoms with E-state index in [2.05, 4.69) is 12.2 Å². The van der Waals surface area contributed by atoms with Gasteiger partial charge in [-0.2, -0.15) is 0 Å². The Morgan fingerprint density at radius 1 is 0.974 bits per heavy atom. The van der Waals surface area contributed by atoms with Crippen molar-refractivity contribution in [2.75, 3.05) is 18.5 Å². The Morgan fingerprint density at radius 3 is 2.58 bits per heavy atom. The molecule has 5 rings (SSSR count). The lowest BCUT2D eigenvalue weighted by Gasteiger charge is -2.26. The second kappa shape index (κ2) is 11.4. The Morgan fingerprint density at radius 2 is 1.79 bits per heavy atom. The Hall–Kier alpha value is -4.32. The second-order valence-corrected chi connectivity index (χ2v) is 9.67. The van der Waals surface area contributed by atoms with Crippen LogP contribution in [-0.4, -0.2) is 29.9 Å². The van der Waals surface area contributed by atoms with Crippen molar-refractivity contribution in [1.82, 2.24) is 4.90 Å². The Kier molecular flexibility index (Phi) is 7.59. The summed E-state index contributed by atoms with van der Waals surface area (Å²) < 4.78 is 11.9. The smallest absolute Gasteiger partial charge is 0.255 e. The highest BCUT2D eigenvalue weighted by Crippen LogP contribution is 2.31. The van der Waals surface area contributed by atoms with Crippen LogP contribution in [0.1, 0.15) is 57.4 Å². The Balaban J connectivity index is 1.25. The SMILES string of the molecule is CCCCOc1ccc(C(=O)Nc2cccc(-c3cc4c(o3)CCN(C(=O)c3cccc(C)c3)C4)c2)cc1. The van der Waals surface area contributed by atoms with E-state index >= 15 is 0 Å². The molecule has 38 heavy (non-hydrogen) atoms. The number of unbranched alkanes of at least 4 members (excludes halogenated alkanes) is 1. The minimum absolute atomic E-state index is 0.0346. The monoisotopic (exact) mass is 508 g/mol. The van der Waals surface area contributed by atoms with E-state index in [1.807, 2.05) is 78.6 Å². The van der Waals surface area contributed by atoms with Crippen molar-refractivity contribution in [3.63, 3.8) is 0 Å². The third kappa shape index (κ3) is 5.80. The van der Waals surface area contributed by atoms with E-state index in [-0.39, 0.29) is 11.8 Å². The van der Waals surface area contributed by atoms with E-state index in [0.29, 0.717) is 42.9 Å². The zero-order valence-corrected chi connectivity index (χ0v) is 21.8. The molecule has 1 aliphatic rings. The maximum absolute atomic E-state index is 13.0. The predicted octanol–water partition coefficient (Wildman–Crippen LogP) is 6.88. The number of anilines is 1. The molecule has 3 aromatic carbocycles. The summed E-state index contributed by atoms with van der Waals surface area (Å²) in [5, 5.41) is 2.97. The van der Waals surface area contributed by atoms with Gasteiger partial charge >= 0.3 is 0 Å². The molecule has 0 saturated heterocycles. The number of aryl methyl sites for hydroxylation is 1. The average Bonchev–Trinajstić information content (AvgIpc) is 3.37. The fourth-order valence-electron chi connectivity index (χ4n) is 4.60. The number of benzene rings is 3. The average molecular weight is 509 g/mol. The summed E-state index contributed by atoms with van der Waals surface area (Å²) in [4.78, 5) is 27.7. The highest BCUT2D eigenvalue weighted by atomic mass is 16.5. The number of carbonyl (C=O) groups excluding carboxylic acids is 2. The Bertz CT molecular complexity index is 1440. The molecule has 0 atom stereocenters. The zero-order valence-electron chi connectivity index (χ0n) is 21.8. The van der Waals surface area contributed by atoms with Gasteiger partial charge in [-0.05, 0) is 67.9 Å². The largest absolute Gasteiger partial charge is 0.494 e. The number of amides is 2. The molecular weight excluding hydrogens is 476 g/mol. The van der Waals surface area contributed by atoms with Crippen LogP contribution in [0, 0.1) is 6.92 Å². The first-order chi connectivity index (χ1) is 18.5. The van der Waals surface area contributed by atoms with E-state index in [0.717, 1.165) is 46.8 Å². The molecule has 0 spiro atoms. The fraction of sp³-hybridized carbons (Fsp3) is 0.250. The first-order valence-corrected chi connectivity index (χ1v) is 13.1. The third-order valence-corrected chi connectivity index (χ3v) is 6.71. The molecule has 0 saturated carbocycles. The van der Waals surface area contributed by atoms with Gasteiger partial charge in [0.1, 0.15) is 17.3 Å². The van der Waals surface area contributed by atoms with Gasteiger partial charge in [-0.1, -0.05) is 43.2 Å². The van der Waals surface area contributed by atoms with Crippen molar-refractivity contribution in [1.29, 1.82) is 0 Å². The van der Waals surface area contributed by atoms with Gasteiger partial charge in [0.25, 0.3) is 11.8 Å². The summed E-state index contributed by atoms with van der Waals surface area (Å²) in [5.41, 5.74) is 4.90. The molecule has 6 nitrogen and oxygen atoms in total. The molecule has 1 aromatic heterocycles. The number of ether oxygens (including phenoxy) is 1. The van der Waals surface area contributed by atoms with Gasteiger partial charge in [0, 0.05) is 47.5 Å². The zero-order chi connectivity index (χ0) is 26.5. The molecule has 2 heterocycles. The molecule has 0 bridgehead atoms. The second-order valence-electron chi connectivity index (χ2n) is 9.67. The van der Waals surface area contributed by atoms with Crippen LogP contribution in [0.25, 0.3) is 11.3 Å². The summed E-state index contributed by atoms with van der Waals surface area (Å²) in [7, 11) is 0. The van der Waals surface area contributed by atoms with Gasteiger partial charge in [0.15, 0.2) is 0 Å². The quantitative estimate of drug-likeness (QED) is 0.263. The molecule has 1 N–H and O–H groups in total. The van der Waals surface area contributed by atoms with E-state index in [4.69, 9.17) is 9.15 Å². The van der Waals surface area contributed by atoms with Crippen LogP contribution in [-0.2, 0) is 13.0 Å². The van der Waals surface area contributed by atoms with E-state index in [9.17, 15) is 9.59 Å². The summed E-state index contributed by atoms with van der Waals surface area (Å²) in [5.74, 6) is 2.24. The van der Waals surface area contributed by atoms with Crippen molar-refractivity contribution in [3.05, 3.63) is 107 Å². The predicted molar refractivity (Wildman–Crippen MR) is 149 cm³/mol. The van der Waals surface area contributed by atoms with Crippen LogP contribution in [0.4, 0.5) is 5.69 Å². The molecule has 2 amide bonds. The van der Waals surface area contributed by atoms with Crippen LogP contribution in [0.3, 0.4) is 0 Å². The Labute approximate surface area is 223 Å². The van der Waals surface area contributed by atoms with Crippen LogP contribution in [0.5, 0.6) is 5.75 Å². The maximum Gasteiger partial charge on any atom is 0.255 e. The molecule has 4 aromatic rings. The minimum atomic E-state index is -0.189. The maximum atomic E-state index is 13.0. The molecule has 194 valence electrons. The van der Waals surface area contributed by atoms with Crippen molar-refractivity contribution >= 4 is 17.5 Å². The standard InChI is InChI=1S/C32H32N2O4/c1-3-4-17-37-28-13-11-23(12-14-28)31(35)33-27-10-6-8-24(19-27)30-20-26-21-34(16-15-29(26)38-30)32(36)25-9-5-7-22(2)18-25/h5-14,18-20H,3-4,15-17,21H2,1-2H3,(H,33,35).